The Hall–Kier alpha value is -2.01. The van der Waals surface area contributed by atoms with Gasteiger partial charge in [-0.3, -0.25) is 0 Å². The van der Waals surface area contributed by atoms with Gasteiger partial charge in [-0.2, -0.15) is 0 Å². The van der Waals surface area contributed by atoms with Crippen molar-refractivity contribution in [2.24, 2.45) is 5.73 Å². The van der Waals surface area contributed by atoms with E-state index in [4.69, 9.17) is 10.5 Å². The molecule has 1 unspecified atom stereocenters. The maximum absolute atomic E-state index is 13.6. The largest absolute Gasteiger partial charge is 0.494 e. The van der Waals surface area contributed by atoms with Crippen LogP contribution >= 0.6 is 0 Å². The van der Waals surface area contributed by atoms with Gasteiger partial charge < -0.3 is 10.5 Å². The van der Waals surface area contributed by atoms with E-state index in [1.165, 1.54) is 31.4 Å². The molecule has 0 aliphatic heterocycles. The Morgan fingerprint density at radius 2 is 1.74 bits per heavy atom. The number of hydrogen-bond acceptors (Lipinski definition) is 2. The van der Waals surface area contributed by atoms with Crippen molar-refractivity contribution in [2.75, 3.05) is 7.11 Å². The molecule has 0 bridgehead atoms. The van der Waals surface area contributed by atoms with Gasteiger partial charge in [0.25, 0.3) is 0 Å². The summed E-state index contributed by atoms with van der Waals surface area (Å²) in [6.07, 6.45) is 0. The molecule has 2 aromatic carbocycles. The number of benzene rings is 2. The van der Waals surface area contributed by atoms with Gasteiger partial charge in [0, 0.05) is 11.6 Å². The lowest BCUT2D eigenvalue weighted by Crippen LogP contribution is -2.14. The monoisotopic (exact) mass is 267 g/mol. The van der Waals surface area contributed by atoms with Crippen LogP contribution in [0.1, 0.15) is 17.2 Å². The third-order valence-electron chi connectivity index (χ3n) is 2.83. The molecular weight excluding hydrogens is 255 g/mol. The minimum atomic E-state index is -0.874. The van der Waals surface area contributed by atoms with Crippen LogP contribution in [0.3, 0.4) is 0 Å². The summed E-state index contributed by atoms with van der Waals surface area (Å²) in [5.41, 5.74) is 6.34. The van der Waals surface area contributed by atoms with Crippen LogP contribution < -0.4 is 10.5 Å². The molecule has 2 rings (SSSR count). The first-order valence-electron chi connectivity index (χ1n) is 5.57. The molecule has 2 nitrogen and oxygen atoms in total. The van der Waals surface area contributed by atoms with E-state index in [1.54, 1.807) is 0 Å². The van der Waals surface area contributed by atoms with Crippen molar-refractivity contribution < 1.29 is 17.9 Å². The highest BCUT2D eigenvalue weighted by molar-refractivity contribution is 5.36. The SMILES string of the molecule is COc1ccc(C(N)c2ccc(F)cc2F)cc1F. The average Bonchev–Trinajstić information content (AvgIpc) is 2.38. The first-order chi connectivity index (χ1) is 9.02. The van der Waals surface area contributed by atoms with Crippen LogP contribution in [-0.2, 0) is 0 Å². The predicted octanol–water partition coefficient (Wildman–Crippen LogP) is 3.16. The molecule has 0 saturated carbocycles. The summed E-state index contributed by atoms with van der Waals surface area (Å²) < 4.78 is 44.8. The van der Waals surface area contributed by atoms with E-state index in [2.05, 4.69) is 0 Å². The fourth-order valence-corrected chi connectivity index (χ4v) is 1.81. The van der Waals surface area contributed by atoms with Gasteiger partial charge in [0.15, 0.2) is 11.6 Å². The Kier molecular flexibility index (Phi) is 3.76. The molecule has 100 valence electrons. The van der Waals surface area contributed by atoms with E-state index < -0.39 is 23.5 Å². The van der Waals surface area contributed by atoms with Crippen LogP contribution in [0.25, 0.3) is 0 Å². The second-order valence-corrected chi connectivity index (χ2v) is 4.04. The molecule has 19 heavy (non-hydrogen) atoms. The molecule has 0 radical (unpaired) electrons. The Labute approximate surface area is 108 Å². The predicted molar refractivity (Wildman–Crippen MR) is 65.3 cm³/mol. The van der Waals surface area contributed by atoms with E-state index in [-0.39, 0.29) is 11.3 Å². The minimum absolute atomic E-state index is 0.0792. The molecule has 0 aliphatic rings. The Balaban J connectivity index is 2.38. The lowest BCUT2D eigenvalue weighted by Gasteiger charge is -2.14. The van der Waals surface area contributed by atoms with Gasteiger partial charge in [0.1, 0.15) is 11.6 Å². The highest BCUT2D eigenvalue weighted by Gasteiger charge is 2.16. The van der Waals surface area contributed by atoms with Gasteiger partial charge in [-0.15, -0.1) is 0 Å². The molecular formula is C14H12F3NO. The average molecular weight is 267 g/mol. The van der Waals surface area contributed by atoms with Crippen LogP contribution in [0.15, 0.2) is 36.4 Å². The van der Waals surface area contributed by atoms with E-state index in [9.17, 15) is 13.2 Å². The maximum Gasteiger partial charge on any atom is 0.165 e. The smallest absolute Gasteiger partial charge is 0.165 e. The molecule has 0 aliphatic carbocycles. The number of methoxy groups -OCH3 is 1. The van der Waals surface area contributed by atoms with Gasteiger partial charge in [0.05, 0.1) is 13.2 Å². The zero-order valence-corrected chi connectivity index (χ0v) is 10.2. The molecule has 0 amide bonds. The van der Waals surface area contributed by atoms with Gasteiger partial charge >= 0.3 is 0 Å². The normalized spacial score (nSPS) is 12.3. The minimum Gasteiger partial charge on any atom is -0.494 e. The van der Waals surface area contributed by atoms with Gasteiger partial charge in [0.2, 0.25) is 0 Å². The van der Waals surface area contributed by atoms with Gasteiger partial charge in [-0.1, -0.05) is 12.1 Å². The molecule has 0 heterocycles. The van der Waals surface area contributed by atoms with Crippen LogP contribution in [-0.4, -0.2) is 7.11 Å². The fraction of sp³-hybridized carbons (Fsp3) is 0.143. The topological polar surface area (TPSA) is 35.2 Å². The van der Waals surface area contributed by atoms with Crippen molar-refractivity contribution in [1.82, 2.24) is 0 Å². The first-order valence-corrected chi connectivity index (χ1v) is 5.57. The summed E-state index contributed by atoms with van der Waals surface area (Å²) in [4.78, 5) is 0. The van der Waals surface area contributed by atoms with E-state index in [1.807, 2.05) is 0 Å². The third kappa shape index (κ3) is 2.71. The lowest BCUT2D eigenvalue weighted by atomic mass is 9.99. The van der Waals surface area contributed by atoms with Crippen LogP contribution in [0.5, 0.6) is 5.75 Å². The highest BCUT2D eigenvalue weighted by Crippen LogP contribution is 2.26. The number of hydrogen-bond donors (Lipinski definition) is 1. The molecule has 2 N–H and O–H groups in total. The quantitative estimate of drug-likeness (QED) is 0.927. The van der Waals surface area contributed by atoms with E-state index in [0.717, 1.165) is 12.1 Å². The Bertz CT molecular complexity index is 601. The van der Waals surface area contributed by atoms with Crippen molar-refractivity contribution in [2.45, 2.75) is 6.04 Å². The van der Waals surface area contributed by atoms with Crippen molar-refractivity contribution in [3.05, 3.63) is 65.0 Å². The van der Waals surface area contributed by atoms with E-state index in [0.29, 0.717) is 5.56 Å². The van der Waals surface area contributed by atoms with Crippen molar-refractivity contribution >= 4 is 0 Å². The molecule has 0 fully saturated rings. The molecule has 1 atom stereocenters. The van der Waals surface area contributed by atoms with Crippen molar-refractivity contribution in [3.63, 3.8) is 0 Å². The summed E-state index contributed by atoms with van der Waals surface area (Å²) >= 11 is 0. The Morgan fingerprint density at radius 1 is 1.00 bits per heavy atom. The zero-order chi connectivity index (χ0) is 14.0. The van der Waals surface area contributed by atoms with Crippen LogP contribution in [0.2, 0.25) is 0 Å². The standard InChI is InChI=1S/C14H12F3NO/c1-19-13-5-2-8(6-12(13)17)14(18)10-4-3-9(15)7-11(10)16/h2-7,14H,18H2,1H3. The summed E-state index contributed by atoms with van der Waals surface area (Å²) in [7, 11) is 1.34. The number of nitrogens with two attached hydrogens (primary N) is 1. The van der Waals surface area contributed by atoms with Crippen molar-refractivity contribution in [3.8, 4) is 5.75 Å². The lowest BCUT2D eigenvalue weighted by molar-refractivity contribution is 0.386. The Morgan fingerprint density at radius 3 is 2.32 bits per heavy atom. The van der Waals surface area contributed by atoms with Crippen molar-refractivity contribution in [1.29, 1.82) is 0 Å². The maximum atomic E-state index is 13.6. The third-order valence-corrected chi connectivity index (χ3v) is 2.83. The van der Waals surface area contributed by atoms with Gasteiger partial charge in [-0.05, 0) is 23.8 Å². The fourth-order valence-electron chi connectivity index (χ4n) is 1.81. The molecule has 0 spiro atoms. The summed E-state index contributed by atoms with van der Waals surface area (Å²) in [6.45, 7) is 0. The van der Waals surface area contributed by atoms with E-state index >= 15 is 0 Å². The molecule has 5 heteroatoms. The summed E-state index contributed by atoms with van der Waals surface area (Å²) in [5, 5.41) is 0. The second kappa shape index (κ2) is 5.32. The highest BCUT2D eigenvalue weighted by atomic mass is 19.1. The number of halogens is 3. The second-order valence-electron chi connectivity index (χ2n) is 4.04. The van der Waals surface area contributed by atoms with Gasteiger partial charge in [-0.25, -0.2) is 13.2 Å². The number of rotatable bonds is 3. The molecule has 0 saturated heterocycles. The molecule has 0 aromatic heterocycles. The zero-order valence-electron chi connectivity index (χ0n) is 10.2. The van der Waals surface area contributed by atoms with Crippen LogP contribution in [0, 0.1) is 17.5 Å². The first kappa shape index (κ1) is 13.4. The summed E-state index contributed by atoms with van der Waals surface area (Å²) in [5.74, 6) is -1.95. The van der Waals surface area contributed by atoms with Crippen LogP contribution in [0.4, 0.5) is 13.2 Å². The number of ether oxygens (including phenoxy) is 1. The summed E-state index contributed by atoms with van der Waals surface area (Å²) in [6, 6.07) is 6.35. The molecule has 2 aromatic rings.